The fraction of sp³-hybridized carbons (Fsp3) is 0.571. The first kappa shape index (κ1) is 10.6. The van der Waals surface area contributed by atoms with Crippen LogP contribution in [0, 0.1) is 0 Å². The van der Waals surface area contributed by atoms with E-state index in [9.17, 15) is 14.4 Å². The molecule has 0 aromatic heterocycles. The minimum absolute atomic E-state index is 0. The number of rotatable bonds is 0. The molecule has 0 bridgehead atoms. The second-order valence-electron chi connectivity index (χ2n) is 2.09. The zero-order valence-electron chi connectivity index (χ0n) is 5.99. The molecule has 0 N–H and O–H groups in total. The average molecular weight is 173 g/mol. The van der Waals surface area contributed by atoms with E-state index in [1.165, 1.54) is 0 Å². The highest BCUT2D eigenvalue weighted by molar-refractivity contribution is 6.13. The fourth-order valence-electron chi connectivity index (χ4n) is 0.871. The van der Waals surface area contributed by atoms with E-state index in [0.717, 1.165) is 7.11 Å². The molecule has 1 heterocycles. The van der Waals surface area contributed by atoms with Crippen LogP contribution in [0.4, 0.5) is 4.79 Å². The Labute approximate surface area is 70.3 Å². The molecule has 5 nitrogen and oxygen atoms in total. The zero-order valence-corrected chi connectivity index (χ0v) is 5.99. The summed E-state index contributed by atoms with van der Waals surface area (Å²) in [7, 11) is 1.13. The van der Waals surface area contributed by atoms with Gasteiger partial charge in [0.1, 0.15) is 0 Å². The van der Waals surface area contributed by atoms with E-state index >= 15 is 0 Å². The van der Waals surface area contributed by atoms with Crippen molar-refractivity contribution in [1.29, 1.82) is 0 Å². The van der Waals surface area contributed by atoms with Crippen LogP contribution in [0.25, 0.3) is 0 Å². The molecule has 0 spiro atoms. The van der Waals surface area contributed by atoms with Crippen LogP contribution in [0.3, 0.4) is 0 Å². The maximum absolute atomic E-state index is 10.8. The molecule has 3 amide bonds. The quantitative estimate of drug-likeness (QED) is 0.501. The molecule has 1 aliphatic heterocycles. The summed E-state index contributed by atoms with van der Waals surface area (Å²) in [4.78, 5) is 32.8. The molecular formula is C7H11NO4. The molecule has 1 saturated heterocycles. The molecule has 12 heavy (non-hydrogen) atoms. The number of carbonyl (C=O) groups is 3. The molecule has 0 radical (unpaired) electrons. The fourth-order valence-corrected chi connectivity index (χ4v) is 0.871. The smallest absolute Gasteiger partial charge is 0.423 e. The van der Waals surface area contributed by atoms with Crippen LogP contribution in [-0.2, 0) is 14.3 Å². The average Bonchev–Trinajstić information content (AvgIpc) is 2.30. The maximum Gasteiger partial charge on any atom is 0.423 e. The number of methoxy groups -OCH3 is 1. The minimum Gasteiger partial charge on any atom is -0.452 e. The molecule has 0 aliphatic carbocycles. The van der Waals surface area contributed by atoms with Crippen LogP contribution < -0.4 is 0 Å². The zero-order chi connectivity index (χ0) is 8.43. The molecular weight excluding hydrogens is 162 g/mol. The van der Waals surface area contributed by atoms with Crippen molar-refractivity contribution < 1.29 is 19.1 Å². The molecule has 0 saturated carbocycles. The van der Waals surface area contributed by atoms with Crippen LogP contribution in [-0.4, -0.2) is 29.9 Å². The number of amides is 3. The van der Waals surface area contributed by atoms with E-state index in [1.54, 1.807) is 0 Å². The highest BCUT2D eigenvalue weighted by Crippen LogP contribution is 2.12. The van der Waals surface area contributed by atoms with Gasteiger partial charge in [0.05, 0.1) is 7.11 Å². The van der Waals surface area contributed by atoms with Crippen molar-refractivity contribution in [1.82, 2.24) is 4.90 Å². The third-order valence-corrected chi connectivity index (χ3v) is 1.41. The van der Waals surface area contributed by atoms with Crippen LogP contribution in [0.1, 0.15) is 20.3 Å². The van der Waals surface area contributed by atoms with Crippen LogP contribution >= 0.6 is 0 Å². The molecule has 1 rings (SSSR count). The van der Waals surface area contributed by atoms with E-state index < -0.39 is 17.9 Å². The lowest BCUT2D eigenvalue weighted by Crippen LogP contribution is -2.35. The maximum atomic E-state index is 10.8. The number of imide groups is 3. The molecule has 0 atom stereocenters. The summed E-state index contributed by atoms with van der Waals surface area (Å²) in [5, 5.41) is 0. The van der Waals surface area contributed by atoms with Gasteiger partial charge in [-0.2, -0.15) is 4.90 Å². The van der Waals surface area contributed by atoms with Crippen LogP contribution in [0.2, 0.25) is 0 Å². The molecule has 5 heteroatoms. The number of hydrogen-bond acceptors (Lipinski definition) is 4. The number of ether oxygens (including phenoxy) is 1. The van der Waals surface area contributed by atoms with Gasteiger partial charge in [0.2, 0.25) is 11.8 Å². The molecule has 1 fully saturated rings. The van der Waals surface area contributed by atoms with Crippen LogP contribution in [0.15, 0.2) is 0 Å². The van der Waals surface area contributed by atoms with Gasteiger partial charge in [-0.1, -0.05) is 7.43 Å². The highest BCUT2D eigenvalue weighted by Gasteiger charge is 2.34. The Morgan fingerprint density at radius 1 is 1.33 bits per heavy atom. The predicted octanol–water partition coefficient (Wildman–Crippen LogP) is 0.538. The lowest BCUT2D eigenvalue weighted by Gasteiger charge is -2.08. The number of hydrogen-bond donors (Lipinski definition) is 0. The summed E-state index contributed by atoms with van der Waals surface area (Å²) in [6, 6.07) is 0. The van der Waals surface area contributed by atoms with E-state index in [-0.39, 0.29) is 20.3 Å². The first-order chi connectivity index (χ1) is 5.16. The summed E-state index contributed by atoms with van der Waals surface area (Å²) < 4.78 is 4.22. The first-order valence-corrected chi connectivity index (χ1v) is 3.10. The summed E-state index contributed by atoms with van der Waals surface area (Å²) in [5.41, 5.74) is 0. The van der Waals surface area contributed by atoms with Crippen molar-refractivity contribution in [2.75, 3.05) is 7.11 Å². The lowest BCUT2D eigenvalue weighted by molar-refractivity contribution is -0.135. The third kappa shape index (κ3) is 1.61. The Balaban J connectivity index is 0.00000121. The van der Waals surface area contributed by atoms with Crippen molar-refractivity contribution >= 4 is 17.9 Å². The predicted molar refractivity (Wildman–Crippen MR) is 40.2 cm³/mol. The van der Waals surface area contributed by atoms with Gasteiger partial charge in [0, 0.05) is 12.8 Å². The van der Waals surface area contributed by atoms with Crippen molar-refractivity contribution in [2.45, 2.75) is 20.3 Å². The first-order valence-electron chi connectivity index (χ1n) is 3.10. The van der Waals surface area contributed by atoms with Gasteiger partial charge in [-0.05, 0) is 0 Å². The number of likely N-dealkylation sites (tertiary alicyclic amines) is 1. The molecule has 68 valence electrons. The molecule has 1 aliphatic rings. The molecule has 0 aromatic carbocycles. The second kappa shape index (κ2) is 3.85. The van der Waals surface area contributed by atoms with Gasteiger partial charge in [0.25, 0.3) is 0 Å². The normalized spacial score (nSPS) is 15.9. The standard InChI is InChI=1S/C6H7NO4.CH4/c1-11-6(10)7-4(8)2-3-5(7)9;/h2-3H2,1H3;1H4. The summed E-state index contributed by atoms with van der Waals surface area (Å²) in [6.45, 7) is 0. The van der Waals surface area contributed by atoms with Gasteiger partial charge in [0.15, 0.2) is 0 Å². The molecule has 0 unspecified atom stereocenters. The highest BCUT2D eigenvalue weighted by atomic mass is 16.5. The Kier molecular flexibility index (Phi) is 3.40. The Morgan fingerprint density at radius 3 is 2.08 bits per heavy atom. The van der Waals surface area contributed by atoms with Gasteiger partial charge in [-0.15, -0.1) is 0 Å². The van der Waals surface area contributed by atoms with Gasteiger partial charge >= 0.3 is 6.09 Å². The Morgan fingerprint density at radius 2 is 1.75 bits per heavy atom. The van der Waals surface area contributed by atoms with Crippen molar-refractivity contribution in [3.8, 4) is 0 Å². The number of nitrogens with zero attached hydrogens (tertiary/aromatic N) is 1. The van der Waals surface area contributed by atoms with E-state index in [1.807, 2.05) is 0 Å². The SMILES string of the molecule is C.COC(=O)N1C(=O)CCC1=O. The minimum atomic E-state index is -0.891. The molecule has 0 aromatic rings. The van der Waals surface area contributed by atoms with Crippen LogP contribution in [0.5, 0.6) is 0 Å². The van der Waals surface area contributed by atoms with Gasteiger partial charge in [-0.25, -0.2) is 4.79 Å². The largest absolute Gasteiger partial charge is 0.452 e. The van der Waals surface area contributed by atoms with Gasteiger partial charge in [-0.3, -0.25) is 9.59 Å². The topological polar surface area (TPSA) is 63.7 Å². The Bertz CT molecular complexity index is 207. The second-order valence-corrected chi connectivity index (χ2v) is 2.09. The van der Waals surface area contributed by atoms with Crippen molar-refractivity contribution in [2.24, 2.45) is 0 Å². The van der Waals surface area contributed by atoms with E-state index in [4.69, 9.17) is 0 Å². The van der Waals surface area contributed by atoms with E-state index in [2.05, 4.69) is 4.74 Å². The van der Waals surface area contributed by atoms with Crippen molar-refractivity contribution in [3.63, 3.8) is 0 Å². The Hall–Kier alpha value is -1.39. The van der Waals surface area contributed by atoms with E-state index in [0.29, 0.717) is 4.90 Å². The van der Waals surface area contributed by atoms with Crippen molar-refractivity contribution in [3.05, 3.63) is 0 Å². The third-order valence-electron chi connectivity index (χ3n) is 1.41. The van der Waals surface area contributed by atoms with Gasteiger partial charge < -0.3 is 4.74 Å². The summed E-state index contributed by atoms with van der Waals surface area (Å²) in [5.74, 6) is -0.969. The summed E-state index contributed by atoms with van der Waals surface area (Å²) >= 11 is 0. The lowest BCUT2D eigenvalue weighted by atomic mass is 10.4. The monoisotopic (exact) mass is 173 g/mol. The number of carbonyl (C=O) groups excluding carboxylic acids is 3. The summed E-state index contributed by atoms with van der Waals surface area (Å²) in [6.07, 6.45) is -0.681.